The number of nitrogens with zero attached hydrogens (tertiary/aromatic N) is 2. The van der Waals surface area contributed by atoms with Gasteiger partial charge in [-0.3, -0.25) is 14.4 Å². The number of hydrogen-bond acceptors (Lipinski definition) is 4. The van der Waals surface area contributed by atoms with Crippen LogP contribution < -0.4 is 16.2 Å². The number of amides is 2. The number of benzene rings is 2. The molecule has 3 rings (SSSR count). The minimum Gasteiger partial charge on any atom is -0.321 e. The zero-order valence-electron chi connectivity index (χ0n) is 17.8. The summed E-state index contributed by atoms with van der Waals surface area (Å²) in [5.41, 5.74) is 0.618. The molecule has 32 heavy (non-hydrogen) atoms. The van der Waals surface area contributed by atoms with Crippen molar-refractivity contribution in [2.75, 3.05) is 10.6 Å². The SMILES string of the molecule is Cc1ccc(-c2cc(NC(=O)C(C)C)c(=O)n(CC(=O)Nc3c(F)cccc3F)n2)cc1. The van der Waals surface area contributed by atoms with Crippen LogP contribution >= 0.6 is 0 Å². The van der Waals surface area contributed by atoms with Crippen LogP contribution in [-0.2, 0) is 16.1 Å². The number of rotatable bonds is 6. The van der Waals surface area contributed by atoms with Gasteiger partial charge in [0.1, 0.15) is 29.6 Å². The smallest absolute Gasteiger partial charge is 0.291 e. The number of nitrogens with one attached hydrogen (secondary N) is 2. The second-order valence-electron chi connectivity index (χ2n) is 7.56. The fourth-order valence-electron chi connectivity index (χ4n) is 2.81. The predicted molar refractivity (Wildman–Crippen MR) is 117 cm³/mol. The summed E-state index contributed by atoms with van der Waals surface area (Å²) in [6, 6.07) is 11.9. The molecular weight excluding hydrogens is 418 g/mol. The van der Waals surface area contributed by atoms with Gasteiger partial charge in [0, 0.05) is 11.5 Å². The van der Waals surface area contributed by atoms with E-state index >= 15 is 0 Å². The minimum atomic E-state index is -0.947. The van der Waals surface area contributed by atoms with Crippen molar-refractivity contribution >= 4 is 23.2 Å². The van der Waals surface area contributed by atoms with Crippen molar-refractivity contribution in [2.24, 2.45) is 5.92 Å². The van der Waals surface area contributed by atoms with Gasteiger partial charge in [-0.15, -0.1) is 0 Å². The quantitative estimate of drug-likeness (QED) is 0.611. The summed E-state index contributed by atoms with van der Waals surface area (Å²) < 4.78 is 28.5. The number of aryl methyl sites for hydroxylation is 1. The van der Waals surface area contributed by atoms with Gasteiger partial charge in [0.2, 0.25) is 11.8 Å². The van der Waals surface area contributed by atoms with Gasteiger partial charge in [-0.1, -0.05) is 49.7 Å². The zero-order chi connectivity index (χ0) is 23.4. The molecule has 2 amide bonds. The molecule has 0 aliphatic rings. The van der Waals surface area contributed by atoms with Gasteiger partial charge in [-0.25, -0.2) is 13.5 Å². The maximum absolute atomic E-state index is 13.8. The van der Waals surface area contributed by atoms with Crippen LogP contribution in [0.1, 0.15) is 19.4 Å². The van der Waals surface area contributed by atoms with Crippen LogP contribution in [0.25, 0.3) is 11.3 Å². The van der Waals surface area contributed by atoms with Crippen molar-refractivity contribution in [3.63, 3.8) is 0 Å². The van der Waals surface area contributed by atoms with Crippen LogP contribution in [-0.4, -0.2) is 21.6 Å². The first-order valence-electron chi connectivity index (χ1n) is 9.89. The molecule has 0 aliphatic carbocycles. The average Bonchev–Trinajstić information content (AvgIpc) is 2.74. The van der Waals surface area contributed by atoms with E-state index in [1.54, 1.807) is 26.0 Å². The Hall–Kier alpha value is -3.88. The molecule has 1 heterocycles. The van der Waals surface area contributed by atoms with Crippen molar-refractivity contribution in [1.29, 1.82) is 0 Å². The standard InChI is InChI=1S/C23H22F2N4O3/c1-13(2)22(31)26-19-11-18(15-9-7-14(3)8-10-15)28-29(23(19)32)12-20(30)27-21-16(24)5-4-6-17(21)25/h4-11,13H,12H2,1-3H3,(H,26,31)(H,27,30). The zero-order valence-corrected chi connectivity index (χ0v) is 17.8. The number of carbonyl (C=O) groups excluding carboxylic acids is 2. The first-order chi connectivity index (χ1) is 15.2. The highest BCUT2D eigenvalue weighted by atomic mass is 19.1. The Balaban J connectivity index is 1.98. The molecule has 1 aromatic heterocycles. The molecule has 2 N–H and O–H groups in total. The first-order valence-corrected chi connectivity index (χ1v) is 9.89. The molecule has 0 fully saturated rings. The second kappa shape index (κ2) is 9.51. The lowest BCUT2D eigenvalue weighted by atomic mass is 10.1. The lowest BCUT2D eigenvalue weighted by Crippen LogP contribution is -2.33. The highest BCUT2D eigenvalue weighted by molar-refractivity contribution is 5.93. The Labute approximate surface area is 183 Å². The number of aromatic nitrogens is 2. The second-order valence-corrected chi connectivity index (χ2v) is 7.56. The fraction of sp³-hybridized carbons (Fsp3) is 0.217. The first kappa shape index (κ1) is 22.8. The molecule has 3 aromatic rings. The molecule has 9 heteroatoms. The van der Waals surface area contributed by atoms with E-state index < -0.39 is 35.3 Å². The highest BCUT2D eigenvalue weighted by Crippen LogP contribution is 2.20. The van der Waals surface area contributed by atoms with Crippen LogP contribution in [0.2, 0.25) is 0 Å². The molecule has 0 radical (unpaired) electrons. The molecule has 0 saturated carbocycles. The van der Waals surface area contributed by atoms with E-state index in [4.69, 9.17) is 0 Å². The fourth-order valence-corrected chi connectivity index (χ4v) is 2.81. The summed E-state index contributed by atoms with van der Waals surface area (Å²) in [5, 5.41) is 8.89. The lowest BCUT2D eigenvalue weighted by Gasteiger charge is -2.13. The van der Waals surface area contributed by atoms with Crippen molar-refractivity contribution in [2.45, 2.75) is 27.3 Å². The van der Waals surface area contributed by atoms with Gasteiger partial charge in [-0.2, -0.15) is 5.10 Å². The molecule has 0 unspecified atom stereocenters. The van der Waals surface area contributed by atoms with Gasteiger partial charge in [-0.05, 0) is 25.1 Å². The maximum atomic E-state index is 13.8. The molecule has 0 saturated heterocycles. The topological polar surface area (TPSA) is 93.1 Å². The van der Waals surface area contributed by atoms with Gasteiger partial charge in [0.15, 0.2) is 0 Å². The number of carbonyl (C=O) groups is 2. The van der Waals surface area contributed by atoms with E-state index in [0.717, 1.165) is 22.4 Å². The van der Waals surface area contributed by atoms with E-state index in [1.807, 2.05) is 19.1 Å². The summed E-state index contributed by atoms with van der Waals surface area (Å²) >= 11 is 0. The Bertz CT molecular complexity index is 1200. The Kier molecular flexibility index (Phi) is 6.77. The van der Waals surface area contributed by atoms with Crippen LogP contribution in [0.15, 0.2) is 53.3 Å². The summed E-state index contributed by atoms with van der Waals surface area (Å²) in [4.78, 5) is 37.4. The average molecular weight is 440 g/mol. The van der Waals surface area contributed by atoms with E-state index in [-0.39, 0.29) is 17.5 Å². The third kappa shape index (κ3) is 5.23. The highest BCUT2D eigenvalue weighted by Gasteiger charge is 2.18. The third-order valence-corrected chi connectivity index (χ3v) is 4.62. The van der Waals surface area contributed by atoms with Gasteiger partial charge in [0.05, 0.1) is 5.69 Å². The van der Waals surface area contributed by atoms with Crippen molar-refractivity contribution in [3.05, 3.63) is 76.1 Å². The number of hydrogen-bond donors (Lipinski definition) is 2. The normalized spacial score (nSPS) is 10.8. The van der Waals surface area contributed by atoms with Gasteiger partial charge >= 0.3 is 0 Å². The van der Waals surface area contributed by atoms with Crippen molar-refractivity contribution in [1.82, 2.24) is 9.78 Å². The van der Waals surface area contributed by atoms with E-state index in [1.165, 1.54) is 12.1 Å². The van der Waals surface area contributed by atoms with Crippen molar-refractivity contribution < 1.29 is 18.4 Å². The number of halogens is 2. The van der Waals surface area contributed by atoms with Crippen LogP contribution in [0.3, 0.4) is 0 Å². The molecule has 0 aliphatic heterocycles. The summed E-state index contributed by atoms with van der Waals surface area (Å²) in [6.07, 6.45) is 0. The Morgan fingerprint density at radius 2 is 1.66 bits per heavy atom. The molecule has 166 valence electrons. The summed E-state index contributed by atoms with van der Waals surface area (Å²) in [6.45, 7) is 4.65. The summed E-state index contributed by atoms with van der Waals surface area (Å²) in [5.74, 6) is -3.52. The van der Waals surface area contributed by atoms with E-state index in [9.17, 15) is 23.2 Å². The van der Waals surface area contributed by atoms with E-state index in [0.29, 0.717) is 11.3 Å². The maximum Gasteiger partial charge on any atom is 0.291 e. The van der Waals surface area contributed by atoms with Crippen LogP contribution in [0.4, 0.5) is 20.2 Å². The molecule has 0 atom stereocenters. The van der Waals surface area contributed by atoms with Gasteiger partial charge < -0.3 is 10.6 Å². The number of anilines is 2. The third-order valence-electron chi connectivity index (χ3n) is 4.62. The van der Waals surface area contributed by atoms with Gasteiger partial charge in [0.25, 0.3) is 5.56 Å². The largest absolute Gasteiger partial charge is 0.321 e. The lowest BCUT2D eigenvalue weighted by molar-refractivity contribution is -0.119. The molecule has 0 spiro atoms. The Morgan fingerprint density at radius 1 is 1.03 bits per heavy atom. The van der Waals surface area contributed by atoms with Crippen LogP contribution in [0.5, 0.6) is 0 Å². The van der Waals surface area contributed by atoms with Crippen molar-refractivity contribution in [3.8, 4) is 11.3 Å². The Morgan fingerprint density at radius 3 is 2.25 bits per heavy atom. The molecule has 7 nitrogen and oxygen atoms in total. The molecule has 2 aromatic carbocycles. The summed E-state index contributed by atoms with van der Waals surface area (Å²) in [7, 11) is 0. The van der Waals surface area contributed by atoms with Crippen LogP contribution in [0, 0.1) is 24.5 Å². The monoisotopic (exact) mass is 440 g/mol. The van der Waals surface area contributed by atoms with E-state index in [2.05, 4.69) is 15.7 Å². The number of para-hydroxylation sites is 1. The predicted octanol–water partition coefficient (Wildman–Crippen LogP) is 3.73. The molecular formula is C23H22F2N4O3. The molecule has 0 bridgehead atoms. The minimum absolute atomic E-state index is 0.0563.